The normalized spacial score (nSPS) is 10.2. The van der Waals surface area contributed by atoms with Crippen molar-refractivity contribution in [1.82, 2.24) is 10.2 Å². The van der Waals surface area contributed by atoms with Crippen LogP contribution in [0.15, 0.2) is 57.3 Å². The zero-order valence-corrected chi connectivity index (χ0v) is 16.0. The van der Waals surface area contributed by atoms with Crippen molar-refractivity contribution in [3.05, 3.63) is 69.7 Å². The fourth-order valence-corrected chi connectivity index (χ4v) is 4.12. The van der Waals surface area contributed by atoms with Gasteiger partial charge >= 0.3 is 0 Å². The second-order valence-electron chi connectivity index (χ2n) is 4.90. The lowest BCUT2D eigenvalue weighted by Crippen LogP contribution is -2.12. The Morgan fingerprint density at radius 2 is 1.96 bits per heavy atom. The summed E-state index contributed by atoms with van der Waals surface area (Å²) in [6, 6.07) is 16.7. The minimum atomic E-state index is -0.229. The summed E-state index contributed by atoms with van der Waals surface area (Å²) in [6.45, 7) is 0. The number of nitriles is 1. The van der Waals surface area contributed by atoms with Gasteiger partial charge in [-0.25, -0.2) is 0 Å². The van der Waals surface area contributed by atoms with Crippen molar-refractivity contribution in [2.45, 2.75) is 10.1 Å². The monoisotopic (exact) mass is 430 g/mol. The second-order valence-corrected chi connectivity index (χ2v) is 7.96. The zero-order chi connectivity index (χ0) is 17.6. The third-order valence-electron chi connectivity index (χ3n) is 3.19. The lowest BCUT2D eigenvalue weighted by Gasteiger charge is -2.02. The number of thioether (sulfide) groups is 1. The van der Waals surface area contributed by atoms with Crippen molar-refractivity contribution >= 4 is 50.1 Å². The molecule has 0 bridgehead atoms. The molecule has 0 saturated heterocycles. The van der Waals surface area contributed by atoms with E-state index in [1.165, 1.54) is 23.1 Å². The maximum atomic E-state index is 12.2. The van der Waals surface area contributed by atoms with Crippen molar-refractivity contribution in [3.8, 4) is 6.07 Å². The molecule has 1 heterocycles. The van der Waals surface area contributed by atoms with E-state index in [1.807, 2.05) is 24.3 Å². The number of hydrogen-bond donors (Lipinski definition) is 1. The van der Waals surface area contributed by atoms with Gasteiger partial charge in [-0.1, -0.05) is 47.4 Å². The number of hydrogen-bond acceptors (Lipinski definition) is 6. The first-order valence-electron chi connectivity index (χ1n) is 7.17. The molecule has 0 aliphatic rings. The highest BCUT2D eigenvalue weighted by Crippen LogP contribution is 2.29. The van der Waals surface area contributed by atoms with Crippen LogP contribution < -0.4 is 5.32 Å². The molecule has 0 saturated carbocycles. The highest BCUT2D eigenvalue weighted by atomic mass is 79.9. The molecule has 124 valence electrons. The van der Waals surface area contributed by atoms with E-state index in [0.717, 1.165) is 20.1 Å². The van der Waals surface area contributed by atoms with Crippen LogP contribution in [0.3, 0.4) is 0 Å². The van der Waals surface area contributed by atoms with Gasteiger partial charge in [0.25, 0.3) is 5.91 Å². The first kappa shape index (κ1) is 17.6. The highest BCUT2D eigenvalue weighted by molar-refractivity contribution is 9.10. The molecule has 0 unspecified atom stereocenters. The molecule has 5 nitrogen and oxygen atoms in total. The molecule has 8 heteroatoms. The van der Waals surface area contributed by atoms with Gasteiger partial charge in [0.2, 0.25) is 5.13 Å². The molecule has 3 aromatic rings. The van der Waals surface area contributed by atoms with E-state index in [9.17, 15) is 4.79 Å². The van der Waals surface area contributed by atoms with Crippen molar-refractivity contribution in [1.29, 1.82) is 5.26 Å². The van der Waals surface area contributed by atoms with Gasteiger partial charge in [0.1, 0.15) is 0 Å². The van der Waals surface area contributed by atoms with E-state index in [0.29, 0.717) is 16.3 Å². The van der Waals surface area contributed by atoms with Gasteiger partial charge in [0, 0.05) is 10.2 Å². The molecule has 1 N–H and O–H groups in total. The Morgan fingerprint density at radius 3 is 2.68 bits per heavy atom. The molecule has 3 rings (SSSR count). The van der Waals surface area contributed by atoms with Crippen LogP contribution in [0.1, 0.15) is 21.5 Å². The topological polar surface area (TPSA) is 78.7 Å². The van der Waals surface area contributed by atoms with Crippen LogP contribution in [0.5, 0.6) is 0 Å². The molecule has 0 aliphatic heterocycles. The standard InChI is InChI=1S/C17H11BrN4OS2/c18-14-4-2-1-3-13(14)15(23)20-16-21-22-17(25-16)24-10-12-7-5-11(9-19)6-8-12/h1-8H,10H2,(H,20,21,23). The van der Waals surface area contributed by atoms with Gasteiger partial charge in [-0.2, -0.15) is 5.26 Å². The van der Waals surface area contributed by atoms with E-state index < -0.39 is 0 Å². The number of benzene rings is 2. The van der Waals surface area contributed by atoms with Crippen LogP contribution in [-0.2, 0) is 5.75 Å². The molecule has 1 amide bonds. The first-order chi connectivity index (χ1) is 12.2. The fourth-order valence-electron chi connectivity index (χ4n) is 1.95. The molecule has 1 aromatic heterocycles. The Balaban J connectivity index is 1.59. The Bertz CT molecular complexity index is 934. The maximum absolute atomic E-state index is 12.2. The van der Waals surface area contributed by atoms with Gasteiger partial charge in [-0.05, 0) is 45.8 Å². The van der Waals surface area contributed by atoms with Gasteiger partial charge in [0.15, 0.2) is 4.34 Å². The number of amides is 1. The second kappa shape index (κ2) is 8.25. The van der Waals surface area contributed by atoms with Crippen LogP contribution in [0.25, 0.3) is 0 Å². The highest BCUT2D eigenvalue weighted by Gasteiger charge is 2.12. The minimum Gasteiger partial charge on any atom is -0.296 e. The van der Waals surface area contributed by atoms with Crippen LogP contribution in [-0.4, -0.2) is 16.1 Å². The summed E-state index contributed by atoms with van der Waals surface area (Å²) >= 11 is 6.22. The molecule has 2 aromatic carbocycles. The predicted octanol–water partition coefficient (Wildman–Crippen LogP) is 4.72. The number of rotatable bonds is 5. The smallest absolute Gasteiger partial charge is 0.258 e. The minimum absolute atomic E-state index is 0.229. The molecule has 0 aliphatic carbocycles. The quantitative estimate of drug-likeness (QED) is 0.467. The summed E-state index contributed by atoms with van der Waals surface area (Å²) < 4.78 is 1.50. The molecular formula is C17H11BrN4OS2. The third kappa shape index (κ3) is 4.66. The number of nitrogens with one attached hydrogen (secondary N) is 1. The van der Waals surface area contributed by atoms with Crippen LogP contribution in [0, 0.1) is 11.3 Å². The molecule has 0 fully saturated rings. The molecule has 0 radical (unpaired) electrons. The van der Waals surface area contributed by atoms with Crippen molar-refractivity contribution in [2.75, 3.05) is 5.32 Å². The molecular weight excluding hydrogens is 420 g/mol. The molecule has 0 atom stereocenters. The lowest BCUT2D eigenvalue weighted by atomic mass is 10.2. The van der Waals surface area contributed by atoms with E-state index in [1.54, 1.807) is 24.3 Å². The van der Waals surface area contributed by atoms with E-state index in [4.69, 9.17) is 5.26 Å². The van der Waals surface area contributed by atoms with Crippen LogP contribution in [0.4, 0.5) is 5.13 Å². The Morgan fingerprint density at radius 1 is 1.20 bits per heavy atom. The van der Waals surface area contributed by atoms with Crippen molar-refractivity contribution < 1.29 is 4.79 Å². The number of aromatic nitrogens is 2. The van der Waals surface area contributed by atoms with Crippen LogP contribution in [0.2, 0.25) is 0 Å². The average molecular weight is 431 g/mol. The average Bonchev–Trinajstić information content (AvgIpc) is 3.08. The summed E-state index contributed by atoms with van der Waals surface area (Å²) in [7, 11) is 0. The Labute approximate surface area is 161 Å². The van der Waals surface area contributed by atoms with Gasteiger partial charge in [0.05, 0.1) is 17.2 Å². The summed E-state index contributed by atoms with van der Waals surface area (Å²) in [5, 5.41) is 20.1. The largest absolute Gasteiger partial charge is 0.296 e. The number of nitrogens with zero attached hydrogens (tertiary/aromatic N) is 3. The predicted molar refractivity (Wildman–Crippen MR) is 103 cm³/mol. The van der Waals surface area contributed by atoms with Gasteiger partial charge < -0.3 is 0 Å². The van der Waals surface area contributed by atoms with Crippen LogP contribution >= 0.6 is 39.0 Å². The maximum Gasteiger partial charge on any atom is 0.258 e. The zero-order valence-electron chi connectivity index (χ0n) is 12.8. The summed E-state index contributed by atoms with van der Waals surface area (Å²) in [5.41, 5.74) is 2.28. The van der Waals surface area contributed by atoms with E-state index >= 15 is 0 Å². The summed E-state index contributed by atoms with van der Waals surface area (Å²) in [6.07, 6.45) is 0. The summed E-state index contributed by atoms with van der Waals surface area (Å²) in [5.74, 6) is 0.491. The van der Waals surface area contributed by atoms with Crippen molar-refractivity contribution in [3.63, 3.8) is 0 Å². The Kier molecular flexibility index (Phi) is 5.81. The fraction of sp³-hybridized carbons (Fsp3) is 0.0588. The van der Waals surface area contributed by atoms with E-state index in [-0.39, 0.29) is 5.91 Å². The third-order valence-corrected chi connectivity index (χ3v) is 5.93. The van der Waals surface area contributed by atoms with Gasteiger partial charge in [-0.15, -0.1) is 10.2 Å². The Hall–Kier alpha value is -2.21. The lowest BCUT2D eigenvalue weighted by molar-refractivity contribution is 0.102. The van der Waals surface area contributed by atoms with Crippen molar-refractivity contribution in [2.24, 2.45) is 0 Å². The number of anilines is 1. The first-order valence-corrected chi connectivity index (χ1v) is 9.76. The van der Waals surface area contributed by atoms with Gasteiger partial charge in [-0.3, -0.25) is 10.1 Å². The number of carbonyl (C=O) groups is 1. The molecule has 25 heavy (non-hydrogen) atoms. The number of halogens is 1. The summed E-state index contributed by atoms with van der Waals surface area (Å²) in [4.78, 5) is 12.2. The van der Waals surface area contributed by atoms with E-state index in [2.05, 4.69) is 37.5 Å². The number of carbonyl (C=O) groups excluding carboxylic acids is 1. The molecule has 0 spiro atoms. The SMILES string of the molecule is N#Cc1ccc(CSc2nnc(NC(=O)c3ccccc3Br)s2)cc1.